The average Bonchev–Trinajstić information content (AvgIpc) is 2.67. The SMILES string of the molecule is CC[C@H](C)/C=C(\C)C(=O)/C(C)=C/C(C)/C=C(C)/C=C(\C)c1oc(=O)c(C)c(O)c1C. The molecule has 0 bridgehead atoms. The third-order valence-electron chi connectivity index (χ3n) is 5.29. The highest BCUT2D eigenvalue weighted by molar-refractivity contribution is 6.07. The van der Waals surface area contributed by atoms with Gasteiger partial charge in [-0.05, 0) is 70.1 Å². The van der Waals surface area contributed by atoms with E-state index in [1.807, 2.05) is 52.8 Å². The number of rotatable bonds is 8. The zero-order chi connectivity index (χ0) is 23.2. The minimum atomic E-state index is -0.534. The Labute approximate surface area is 180 Å². The maximum absolute atomic E-state index is 12.6. The Morgan fingerprint density at radius 1 is 1.00 bits per heavy atom. The highest BCUT2D eigenvalue weighted by atomic mass is 16.4. The summed E-state index contributed by atoms with van der Waals surface area (Å²) in [6.07, 6.45) is 8.97. The van der Waals surface area contributed by atoms with Crippen LogP contribution in [0.5, 0.6) is 5.75 Å². The summed E-state index contributed by atoms with van der Waals surface area (Å²) in [5, 5.41) is 10.1. The molecule has 30 heavy (non-hydrogen) atoms. The highest BCUT2D eigenvalue weighted by Crippen LogP contribution is 2.27. The number of allylic oxidation sites excluding steroid dienone is 8. The van der Waals surface area contributed by atoms with Crippen molar-refractivity contribution >= 4 is 11.4 Å². The summed E-state index contributed by atoms with van der Waals surface area (Å²) >= 11 is 0. The number of hydrogen-bond donors (Lipinski definition) is 1. The molecule has 0 aliphatic rings. The van der Waals surface area contributed by atoms with E-state index < -0.39 is 5.63 Å². The Morgan fingerprint density at radius 3 is 2.13 bits per heavy atom. The van der Waals surface area contributed by atoms with Crippen LogP contribution < -0.4 is 5.63 Å². The molecule has 0 spiro atoms. The Balaban J connectivity index is 3.09. The molecule has 1 rings (SSSR count). The van der Waals surface area contributed by atoms with Gasteiger partial charge in [0, 0.05) is 5.56 Å². The fourth-order valence-corrected chi connectivity index (χ4v) is 3.43. The van der Waals surface area contributed by atoms with Gasteiger partial charge in [0.05, 0.1) is 5.56 Å². The summed E-state index contributed by atoms with van der Waals surface area (Å²) in [6.45, 7) is 17.0. The Hall–Kier alpha value is -2.62. The lowest BCUT2D eigenvalue weighted by Gasteiger charge is -2.09. The third kappa shape index (κ3) is 6.72. The second-order valence-electron chi connectivity index (χ2n) is 8.33. The van der Waals surface area contributed by atoms with Gasteiger partial charge in [-0.15, -0.1) is 0 Å². The molecule has 1 unspecified atom stereocenters. The maximum atomic E-state index is 12.6. The van der Waals surface area contributed by atoms with E-state index in [4.69, 9.17) is 4.42 Å². The van der Waals surface area contributed by atoms with Crippen LogP contribution in [0.25, 0.3) is 5.57 Å². The zero-order valence-electron chi connectivity index (χ0n) is 19.8. The molecule has 4 heteroatoms. The summed E-state index contributed by atoms with van der Waals surface area (Å²) < 4.78 is 5.38. The molecule has 0 amide bonds. The number of aromatic hydroxyl groups is 1. The molecule has 164 valence electrons. The monoisotopic (exact) mass is 412 g/mol. The van der Waals surface area contributed by atoms with Gasteiger partial charge in [-0.2, -0.15) is 0 Å². The van der Waals surface area contributed by atoms with Gasteiger partial charge < -0.3 is 9.52 Å². The summed E-state index contributed by atoms with van der Waals surface area (Å²) in [4.78, 5) is 24.5. The molecule has 1 heterocycles. The molecule has 0 saturated heterocycles. The first-order valence-electron chi connectivity index (χ1n) is 10.5. The van der Waals surface area contributed by atoms with Crippen LogP contribution in [0.2, 0.25) is 0 Å². The lowest BCUT2D eigenvalue weighted by atomic mass is 9.97. The number of carbonyl (C=O) groups is 1. The molecule has 0 saturated carbocycles. The molecule has 2 atom stereocenters. The standard InChI is InChI=1S/C26H36O4/c1-10-15(2)12-18(5)23(27)19(6)13-16(3)11-17(4)14-20(7)25-21(8)24(28)22(9)26(29)30-25/h11-16,28H,10H2,1-9H3/b17-11+,18-12+,19-13+,20-14+/t15-,16?/m0/s1. The van der Waals surface area contributed by atoms with Crippen LogP contribution in [0.3, 0.4) is 0 Å². The molecule has 1 aromatic heterocycles. The van der Waals surface area contributed by atoms with E-state index in [0.29, 0.717) is 17.2 Å². The summed E-state index contributed by atoms with van der Waals surface area (Å²) in [5.74, 6) is 0.888. The van der Waals surface area contributed by atoms with Gasteiger partial charge in [-0.3, -0.25) is 4.79 Å². The molecule has 0 aliphatic carbocycles. The van der Waals surface area contributed by atoms with Crippen LogP contribution in [-0.2, 0) is 4.79 Å². The number of carbonyl (C=O) groups excluding carboxylic acids is 1. The quantitative estimate of drug-likeness (QED) is 0.393. The van der Waals surface area contributed by atoms with Crippen molar-refractivity contribution in [3.8, 4) is 5.75 Å². The summed E-state index contributed by atoms with van der Waals surface area (Å²) in [6, 6.07) is 0. The second kappa shape index (κ2) is 11.0. The van der Waals surface area contributed by atoms with Gasteiger partial charge in [0.25, 0.3) is 0 Å². The minimum Gasteiger partial charge on any atom is -0.507 e. The fourth-order valence-electron chi connectivity index (χ4n) is 3.43. The predicted octanol–water partition coefficient (Wildman–Crippen LogP) is 6.46. The minimum absolute atomic E-state index is 0.0260. The van der Waals surface area contributed by atoms with Crippen LogP contribution in [-0.4, -0.2) is 10.9 Å². The summed E-state index contributed by atoms with van der Waals surface area (Å²) in [7, 11) is 0. The first kappa shape index (κ1) is 25.4. The Bertz CT molecular complexity index is 967. The molecule has 0 aliphatic heterocycles. The van der Waals surface area contributed by atoms with Gasteiger partial charge in [-0.25, -0.2) is 4.79 Å². The second-order valence-corrected chi connectivity index (χ2v) is 8.33. The number of hydrogen-bond acceptors (Lipinski definition) is 4. The van der Waals surface area contributed by atoms with Crippen LogP contribution in [0, 0.1) is 25.7 Å². The third-order valence-corrected chi connectivity index (χ3v) is 5.29. The molecule has 4 nitrogen and oxygen atoms in total. The molecular formula is C26H36O4. The highest BCUT2D eigenvalue weighted by Gasteiger charge is 2.14. The van der Waals surface area contributed by atoms with Gasteiger partial charge >= 0.3 is 5.63 Å². The van der Waals surface area contributed by atoms with E-state index in [2.05, 4.69) is 19.9 Å². The molecule has 1 aromatic rings. The van der Waals surface area contributed by atoms with E-state index in [-0.39, 0.29) is 23.0 Å². The summed E-state index contributed by atoms with van der Waals surface area (Å²) in [5.41, 5.74) is 3.48. The van der Waals surface area contributed by atoms with Crippen LogP contribution in [0.15, 0.2) is 50.2 Å². The molecular weight excluding hydrogens is 376 g/mol. The molecule has 1 N–H and O–H groups in total. The van der Waals surface area contributed by atoms with Crippen molar-refractivity contribution in [1.82, 2.24) is 0 Å². The first-order chi connectivity index (χ1) is 13.9. The van der Waals surface area contributed by atoms with E-state index >= 15 is 0 Å². The first-order valence-corrected chi connectivity index (χ1v) is 10.5. The van der Waals surface area contributed by atoms with Crippen LogP contribution in [0.1, 0.15) is 71.8 Å². The van der Waals surface area contributed by atoms with Gasteiger partial charge in [-0.1, -0.05) is 57.1 Å². The van der Waals surface area contributed by atoms with Crippen molar-refractivity contribution in [2.45, 2.75) is 68.7 Å². The molecule has 0 fully saturated rings. The largest absolute Gasteiger partial charge is 0.507 e. The topological polar surface area (TPSA) is 67.5 Å². The van der Waals surface area contributed by atoms with E-state index in [1.54, 1.807) is 13.8 Å². The molecule has 0 aromatic carbocycles. The fraction of sp³-hybridized carbons (Fsp3) is 0.462. The van der Waals surface area contributed by atoms with Crippen molar-refractivity contribution in [1.29, 1.82) is 0 Å². The number of ketones is 1. The smallest absolute Gasteiger partial charge is 0.342 e. The lowest BCUT2D eigenvalue weighted by Crippen LogP contribution is -2.07. The van der Waals surface area contributed by atoms with Gasteiger partial charge in [0.2, 0.25) is 0 Å². The van der Waals surface area contributed by atoms with Crippen LogP contribution in [0.4, 0.5) is 0 Å². The normalized spacial score (nSPS) is 15.9. The van der Waals surface area contributed by atoms with E-state index in [1.165, 1.54) is 0 Å². The van der Waals surface area contributed by atoms with Crippen molar-refractivity contribution in [3.63, 3.8) is 0 Å². The van der Waals surface area contributed by atoms with E-state index in [0.717, 1.165) is 28.7 Å². The number of Topliss-reactive ketones (excluding diaryl/α,β-unsaturated/α-hetero) is 1. The lowest BCUT2D eigenvalue weighted by molar-refractivity contribution is -0.112. The van der Waals surface area contributed by atoms with Gasteiger partial charge in [0.1, 0.15) is 11.5 Å². The van der Waals surface area contributed by atoms with Crippen LogP contribution >= 0.6 is 0 Å². The maximum Gasteiger partial charge on any atom is 0.342 e. The zero-order valence-corrected chi connectivity index (χ0v) is 19.8. The predicted molar refractivity (Wildman–Crippen MR) is 125 cm³/mol. The van der Waals surface area contributed by atoms with Crippen molar-refractivity contribution in [2.75, 3.05) is 0 Å². The van der Waals surface area contributed by atoms with Crippen molar-refractivity contribution in [2.24, 2.45) is 11.8 Å². The Kier molecular flexibility index (Phi) is 9.28. The van der Waals surface area contributed by atoms with Crippen molar-refractivity contribution in [3.05, 3.63) is 68.3 Å². The van der Waals surface area contributed by atoms with Crippen molar-refractivity contribution < 1.29 is 14.3 Å². The molecule has 0 radical (unpaired) electrons. The van der Waals surface area contributed by atoms with E-state index in [9.17, 15) is 14.7 Å². The average molecular weight is 413 g/mol. The Morgan fingerprint density at radius 2 is 1.57 bits per heavy atom. The van der Waals surface area contributed by atoms with Gasteiger partial charge in [0.15, 0.2) is 5.78 Å².